The minimum atomic E-state index is 0.275. The molecule has 0 radical (unpaired) electrons. The molecular formula is C13H19ClN4. The number of nitrogens with zero attached hydrogens (tertiary/aromatic N) is 3. The van der Waals surface area contributed by atoms with Crippen LogP contribution < -0.4 is 5.73 Å². The molecule has 0 aliphatic carbocycles. The Hall–Kier alpha value is -1.26. The maximum Gasteiger partial charge on any atom is 0.201 e. The highest BCUT2D eigenvalue weighted by molar-refractivity contribution is 6.35. The molecule has 0 amide bonds. The number of fused-ring (bicyclic) bond motifs is 1. The molecule has 0 spiro atoms. The third kappa shape index (κ3) is 2.44. The lowest BCUT2D eigenvalue weighted by Gasteiger charge is -2.18. The fourth-order valence-electron chi connectivity index (χ4n) is 2.14. The second kappa shape index (κ2) is 5.16. The van der Waals surface area contributed by atoms with Crippen molar-refractivity contribution in [1.29, 1.82) is 0 Å². The van der Waals surface area contributed by atoms with E-state index in [1.165, 1.54) is 0 Å². The summed E-state index contributed by atoms with van der Waals surface area (Å²) in [6.07, 6.45) is 1.01. The highest BCUT2D eigenvalue weighted by atomic mass is 35.5. The lowest BCUT2D eigenvalue weighted by molar-refractivity contribution is 0.362. The average molecular weight is 267 g/mol. The molecule has 98 valence electrons. The van der Waals surface area contributed by atoms with Gasteiger partial charge in [-0.2, -0.15) is 0 Å². The predicted molar refractivity (Wildman–Crippen MR) is 77.0 cm³/mol. The molecule has 2 rings (SSSR count). The normalized spacial score (nSPS) is 13.4. The van der Waals surface area contributed by atoms with Crippen LogP contribution in [0, 0.1) is 0 Å². The number of para-hydroxylation sites is 1. The number of aromatic nitrogens is 2. The van der Waals surface area contributed by atoms with Crippen LogP contribution in [0.5, 0.6) is 0 Å². The molecule has 0 fully saturated rings. The first kappa shape index (κ1) is 13.2. The van der Waals surface area contributed by atoms with Crippen molar-refractivity contribution in [1.82, 2.24) is 14.5 Å². The van der Waals surface area contributed by atoms with E-state index in [2.05, 4.69) is 30.9 Å². The summed E-state index contributed by atoms with van der Waals surface area (Å²) in [5, 5.41) is 0.702. The highest BCUT2D eigenvalue weighted by Gasteiger charge is 2.16. The van der Waals surface area contributed by atoms with Gasteiger partial charge in [0.05, 0.1) is 16.1 Å². The average Bonchev–Trinajstić information content (AvgIpc) is 2.63. The van der Waals surface area contributed by atoms with Crippen LogP contribution in [0.1, 0.15) is 19.4 Å². The van der Waals surface area contributed by atoms with Crippen LogP contribution in [0.15, 0.2) is 18.2 Å². The van der Waals surface area contributed by atoms with Crippen LogP contribution in [0.25, 0.3) is 11.0 Å². The Labute approximate surface area is 112 Å². The standard InChI is InChI=1S/C13H19ClN4/c1-9(7-8-17(2)3)18-12-10(14)5-4-6-11(12)16-13(18)15/h4-6,9H,7-8H2,1-3H3,(H2,15,16). The van der Waals surface area contributed by atoms with Crippen molar-refractivity contribution in [2.45, 2.75) is 19.4 Å². The minimum Gasteiger partial charge on any atom is -0.369 e. The van der Waals surface area contributed by atoms with Gasteiger partial charge >= 0.3 is 0 Å². The van der Waals surface area contributed by atoms with Gasteiger partial charge in [-0.15, -0.1) is 0 Å². The van der Waals surface area contributed by atoms with Gasteiger partial charge in [-0.05, 0) is 46.1 Å². The molecule has 1 atom stereocenters. The lowest BCUT2D eigenvalue weighted by Crippen LogP contribution is -2.18. The van der Waals surface area contributed by atoms with Crippen LogP contribution in [0.4, 0.5) is 5.95 Å². The highest BCUT2D eigenvalue weighted by Crippen LogP contribution is 2.29. The van der Waals surface area contributed by atoms with E-state index in [-0.39, 0.29) is 6.04 Å². The molecule has 4 nitrogen and oxygen atoms in total. The van der Waals surface area contributed by atoms with Gasteiger partial charge in [0.15, 0.2) is 0 Å². The van der Waals surface area contributed by atoms with Crippen LogP contribution in [0.3, 0.4) is 0 Å². The maximum atomic E-state index is 6.26. The smallest absolute Gasteiger partial charge is 0.201 e. The summed E-state index contributed by atoms with van der Waals surface area (Å²) >= 11 is 6.26. The van der Waals surface area contributed by atoms with E-state index in [0.29, 0.717) is 11.0 Å². The third-order valence-corrected chi connectivity index (χ3v) is 3.43. The minimum absolute atomic E-state index is 0.275. The molecule has 18 heavy (non-hydrogen) atoms. The molecule has 2 N–H and O–H groups in total. The van der Waals surface area contributed by atoms with Gasteiger partial charge in [0.25, 0.3) is 0 Å². The van der Waals surface area contributed by atoms with Gasteiger partial charge in [-0.3, -0.25) is 0 Å². The molecule has 1 aromatic heterocycles. The fraction of sp³-hybridized carbons (Fsp3) is 0.462. The Bertz CT molecular complexity index is 547. The first-order valence-electron chi connectivity index (χ1n) is 6.07. The summed E-state index contributed by atoms with van der Waals surface area (Å²) in [7, 11) is 4.13. The molecule has 0 saturated carbocycles. The molecule has 1 unspecified atom stereocenters. The zero-order valence-electron chi connectivity index (χ0n) is 11.0. The van der Waals surface area contributed by atoms with Gasteiger partial charge in [-0.25, -0.2) is 4.98 Å². The Morgan fingerprint density at radius 2 is 2.17 bits per heavy atom. The predicted octanol–water partition coefficient (Wildman–Crippen LogP) is 2.78. The van der Waals surface area contributed by atoms with E-state index < -0.39 is 0 Å². The van der Waals surface area contributed by atoms with Crippen molar-refractivity contribution in [3.05, 3.63) is 23.2 Å². The number of anilines is 1. The maximum absolute atomic E-state index is 6.26. The Kier molecular flexibility index (Phi) is 3.78. The number of halogens is 1. The quantitative estimate of drug-likeness (QED) is 0.926. The second-order valence-corrected chi connectivity index (χ2v) is 5.30. The summed E-state index contributed by atoms with van der Waals surface area (Å²) in [4.78, 5) is 6.52. The second-order valence-electron chi connectivity index (χ2n) is 4.89. The molecule has 0 aliphatic rings. The lowest BCUT2D eigenvalue weighted by atomic mass is 10.2. The molecule has 0 bridgehead atoms. The Morgan fingerprint density at radius 1 is 1.44 bits per heavy atom. The van der Waals surface area contributed by atoms with Gasteiger partial charge in [0.1, 0.15) is 0 Å². The van der Waals surface area contributed by atoms with E-state index in [9.17, 15) is 0 Å². The summed E-state index contributed by atoms with van der Waals surface area (Å²) < 4.78 is 2.03. The molecule has 0 saturated heterocycles. The Morgan fingerprint density at radius 3 is 2.83 bits per heavy atom. The van der Waals surface area contributed by atoms with Crippen molar-refractivity contribution in [3.63, 3.8) is 0 Å². The molecule has 0 aliphatic heterocycles. The van der Waals surface area contributed by atoms with Gasteiger partial charge in [0, 0.05) is 6.04 Å². The molecule has 5 heteroatoms. The molecule has 2 aromatic rings. The third-order valence-electron chi connectivity index (χ3n) is 3.12. The SMILES string of the molecule is CC(CCN(C)C)n1c(N)nc2cccc(Cl)c21. The van der Waals surface area contributed by atoms with E-state index in [4.69, 9.17) is 17.3 Å². The van der Waals surface area contributed by atoms with Gasteiger partial charge in [0.2, 0.25) is 5.95 Å². The fourth-order valence-corrected chi connectivity index (χ4v) is 2.41. The zero-order chi connectivity index (χ0) is 13.3. The van der Waals surface area contributed by atoms with Gasteiger partial charge in [-0.1, -0.05) is 17.7 Å². The number of hydrogen-bond donors (Lipinski definition) is 1. The van der Waals surface area contributed by atoms with Crippen LogP contribution in [-0.2, 0) is 0 Å². The molecular weight excluding hydrogens is 248 g/mol. The number of nitrogens with two attached hydrogens (primary N) is 1. The summed E-state index contributed by atoms with van der Waals surface area (Å²) in [5.74, 6) is 0.532. The topological polar surface area (TPSA) is 47.1 Å². The van der Waals surface area contributed by atoms with Crippen molar-refractivity contribution in [2.75, 3.05) is 26.4 Å². The summed E-state index contributed by atoms with van der Waals surface area (Å²) in [6, 6.07) is 5.98. The number of hydrogen-bond acceptors (Lipinski definition) is 3. The number of rotatable bonds is 4. The Balaban J connectivity index is 2.40. The number of imidazole rings is 1. The van der Waals surface area contributed by atoms with Crippen molar-refractivity contribution in [2.24, 2.45) is 0 Å². The van der Waals surface area contributed by atoms with Crippen LogP contribution in [0.2, 0.25) is 5.02 Å². The van der Waals surface area contributed by atoms with E-state index in [0.717, 1.165) is 24.0 Å². The molecule has 1 aromatic carbocycles. The summed E-state index contributed by atoms with van der Waals surface area (Å²) in [5.41, 5.74) is 7.80. The summed E-state index contributed by atoms with van der Waals surface area (Å²) in [6.45, 7) is 3.15. The van der Waals surface area contributed by atoms with Crippen LogP contribution >= 0.6 is 11.6 Å². The first-order valence-corrected chi connectivity index (χ1v) is 6.45. The first-order chi connectivity index (χ1) is 8.50. The van der Waals surface area contributed by atoms with Crippen molar-refractivity contribution < 1.29 is 0 Å². The monoisotopic (exact) mass is 266 g/mol. The van der Waals surface area contributed by atoms with E-state index in [1.807, 2.05) is 22.8 Å². The van der Waals surface area contributed by atoms with Crippen molar-refractivity contribution >= 4 is 28.6 Å². The van der Waals surface area contributed by atoms with Gasteiger partial charge < -0.3 is 15.2 Å². The number of nitrogen functional groups attached to an aromatic ring is 1. The zero-order valence-corrected chi connectivity index (χ0v) is 11.8. The van der Waals surface area contributed by atoms with E-state index in [1.54, 1.807) is 0 Å². The largest absolute Gasteiger partial charge is 0.369 e. The van der Waals surface area contributed by atoms with Crippen molar-refractivity contribution in [3.8, 4) is 0 Å². The molecule has 1 heterocycles. The van der Waals surface area contributed by atoms with E-state index >= 15 is 0 Å². The number of benzene rings is 1. The van der Waals surface area contributed by atoms with Crippen LogP contribution in [-0.4, -0.2) is 35.1 Å².